The summed E-state index contributed by atoms with van der Waals surface area (Å²) >= 11 is 5.95. The molecule has 150 valence electrons. The van der Waals surface area contributed by atoms with Gasteiger partial charge in [-0.05, 0) is 55.7 Å². The number of carbonyl (C=O) groups excluding carboxylic acids is 2. The second-order valence-electron chi connectivity index (χ2n) is 6.72. The van der Waals surface area contributed by atoms with Gasteiger partial charge in [0, 0.05) is 18.1 Å². The van der Waals surface area contributed by atoms with Crippen molar-refractivity contribution in [2.75, 3.05) is 13.2 Å². The van der Waals surface area contributed by atoms with Crippen LogP contribution in [0, 0.1) is 6.92 Å². The molecule has 0 aliphatic carbocycles. The van der Waals surface area contributed by atoms with E-state index in [1.54, 1.807) is 25.1 Å². The van der Waals surface area contributed by atoms with Crippen LogP contribution < -0.4 is 10.1 Å². The van der Waals surface area contributed by atoms with Gasteiger partial charge in [0.1, 0.15) is 11.8 Å². The fourth-order valence-corrected chi connectivity index (χ4v) is 2.82. The molecular formula is C22H27ClN2O3. The number of hydrogen-bond acceptors (Lipinski definition) is 3. The molecule has 0 saturated carbocycles. The van der Waals surface area contributed by atoms with Crippen molar-refractivity contribution in [2.24, 2.45) is 0 Å². The van der Waals surface area contributed by atoms with E-state index in [9.17, 15) is 9.59 Å². The van der Waals surface area contributed by atoms with Crippen molar-refractivity contribution in [3.05, 3.63) is 64.7 Å². The predicted octanol–water partition coefficient (Wildman–Crippen LogP) is 3.97. The van der Waals surface area contributed by atoms with Crippen LogP contribution in [0.3, 0.4) is 0 Å². The van der Waals surface area contributed by atoms with Crippen LogP contribution in [-0.4, -0.2) is 35.9 Å². The Bertz CT molecular complexity index is 793. The van der Waals surface area contributed by atoms with Crippen molar-refractivity contribution in [1.82, 2.24) is 10.2 Å². The average molecular weight is 403 g/mol. The van der Waals surface area contributed by atoms with E-state index < -0.39 is 6.04 Å². The molecule has 2 amide bonds. The van der Waals surface area contributed by atoms with Crippen LogP contribution in [0.25, 0.3) is 0 Å². The van der Waals surface area contributed by atoms with E-state index >= 15 is 0 Å². The summed E-state index contributed by atoms with van der Waals surface area (Å²) in [7, 11) is 0. The molecule has 0 aliphatic heterocycles. The zero-order valence-corrected chi connectivity index (χ0v) is 17.3. The number of halogens is 1. The second kappa shape index (κ2) is 10.7. The molecular weight excluding hydrogens is 376 g/mol. The lowest BCUT2D eigenvalue weighted by Gasteiger charge is -2.28. The third kappa shape index (κ3) is 6.57. The molecule has 0 aliphatic rings. The molecule has 0 fully saturated rings. The molecule has 0 aromatic heterocycles. The highest BCUT2D eigenvalue weighted by molar-refractivity contribution is 6.30. The molecule has 2 aromatic rings. The fourth-order valence-electron chi connectivity index (χ4n) is 2.70. The molecule has 1 atom stereocenters. The Morgan fingerprint density at radius 1 is 1.18 bits per heavy atom. The van der Waals surface area contributed by atoms with E-state index in [1.807, 2.05) is 44.2 Å². The molecule has 2 rings (SSSR count). The highest BCUT2D eigenvalue weighted by atomic mass is 35.5. The first-order valence-corrected chi connectivity index (χ1v) is 9.79. The molecule has 0 heterocycles. The van der Waals surface area contributed by atoms with E-state index in [4.69, 9.17) is 16.3 Å². The van der Waals surface area contributed by atoms with Crippen LogP contribution in [0.4, 0.5) is 0 Å². The Balaban J connectivity index is 2.11. The number of benzene rings is 2. The van der Waals surface area contributed by atoms with Crippen molar-refractivity contribution in [3.8, 4) is 5.75 Å². The summed E-state index contributed by atoms with van der Waals surface area (Å²) in [4.78, 5) is 26.9. The van der Waals surface area contributed by atoms with Crippen LogP contribution in [0.2, 0.25) is 5.02 Å². The fraction of sp³-hybridized carbons (Fsp3) is 0.364. The van der Waals surface area contributed by atoms with Gasteiger partial charge in [-0.1, -0.05) is 42.8 Å². The largest absolute Gasteiger partial charge is 0.484 e. The molecule has 2 aromatic carbocycles. The molecule has 0 spiro atoms. The summed E-state index contributed by atoms with van der Waals surface area (Å²) < 4.78 is 5.65. The Kier molecular flexibility index (Phi) is 8.33. The first kappa shape index (κ1) is 21.8. The molecule has 6 heteroatoms. The van der Waals surface area contributed by atoms with Crippen LogP contribution in [0.15, 0.2) is 48.5 Å². The predicted molar refractivity (Wildman–Crippen MR) is 111 cm³/mol. The highest BCUT2D eigenvalue weighted by Gasteiger charge is 2.26. The van der Waals surface area contributed by atoms with Gasteiger partial charge in [0.15, 0.2) is 6.61 Å². The van der Waals surface area contributed by atoms with E-state index in [-0.39, 0.29) is 18.4 Å². The normalized spacial score (nSPS) is 11.6. The monoisotopic (exact) mass is 402 g/mol. The smallest absolute Gasteiger partial charge is 0.261 e. The Morgan fingerprint density at radius 2 is 1.89 bits per heavy atom. The lowest BCUT2D eigenvalue weighted by Crippen LogP contribution is -2.49. The topological polar surface area (TPSA) is 58.6 Å². The van der Waals surface area contributed by atoms with Gasteiger partial charge in [-0.3, -0.25) is 9.59 Å². The minimum atomic E-state index is -0.615. The van der Waals surface area contributed by atoms with Crippen molar-refractivity contribution >= 4 is 23.4 Å². The van der Waals surface area contributed by atoms with E-state index in [0.29, 0.717) is 23.9 Å². The van der Waals surface area contributed by atoms with Crippen molar-refractivity contribution in [3.63, 3.8) is 0 Å². The third-order valence-electron chi connectivity index (χ3n) is 4.33. The molecule has 0 unspecified atom stereocenters. The van der Waals surface area contributed by atoms with Gasteiger partial charge in [-0.2, -0.15) is 0 Å². The van der Waals surface area contributed by atoms with Gasteiger partial charge in [0.05, 0.1) is 0 Å². The molecule has 5 nitrogen and oxygen atoms in total. The maximum Gasteiger partial charge on any atom is 0.261 e. The Labute approximate surface area is 171 Å². The maximum atomic E-state index is 12.9. The zero-order chi connectivity index (χ0) is 20.5. The highest BCUT2D eigenvalue weighted by Crippen LogP contribution is 2.16. The molecule has 0 radical (unpaired) electrons. The summed E-state index contributed by atoms with van der Waals surface area (Å²) in [5.74, 6) is 0.193. The zero-order valence-electron chi connectivity index (χ0n) is 16.6. The third-order valence-corrected chi connectivity index (χ3v) is 4.59. The van der Waals surface area contributed by atoms with Crippen molar-refractivity contribution in [1.29, 1.82) is 0 Å². The van der Waals surface area contributed by atoms with Gasteiger partial charge in [0.2, 0.25) is 5.91 Å². The van der Waals surface area contributed by atoms with Gasteiger partial charge in [0.25, 0.3) is 5.91 Å². The number of hydrogen-bond donors (Lipinski definition) is 1. The van der Waals surface area contributed by atoms with Gasteiger partial charge < -0.3 is 15.0 Å². The first-order chi connectivity index (χ1) is 13.4. The minimum absolute atomic E-state index is 0.136. The first-order valence-electron chi connectivity index (χ1n) is 9.41. The number of ether oxygens (including phenoxy) is 1. The van der Waals surface area contributed by atoms with Gasteiger partial charge >= 0.3 is 0 Å². The van der Waals surface area contributed by atoms with Gasteiger partial charge in [-0.15, -0.1) is 0 Å². The summed E-state index contributed by atoms with van der Waals surface area (Å²) in [6, 6.07) is 14.1. The molecule has 1 N–H and O–H groups in total. The van der Waals surface area contributed by atoms with Crippen molar-refractivity contribution in [2.45, 2.75) is 39.8 Å². The van der Waals surface area contributed by atoms with Crippen LogP contribution >= 0.6 is 11.6 Å². The molecule has 28 heavy (non-hydrogen) atoms. The number of amides is 2. The van der Waals surface area contributed by atoms with E-state index in [0.717, 1.165) is 17.5 Å². The van der Waals surface area contributed by atoms with E-state index in [1.165, 1.54) is 4.90 Å². The van der Waals surface area contributed by atoms with E-state index in [2.05, 4.69) is 5.32 Å². The SMILES string of the molecule is CCCNC(=O)[C@@H](C)N(Cc1ccc(Cl)cc1)C(=O)COc1cccc(C)c1. The quantitative estimate of drug-likeness (QED) is 0.690. The lowest BCUT2D eigenvalue weighted by atomic mass is 10.1. The summed E-state index contributed by atoms with van der Waals surface area (Å²) in [6.45, 7) is 6.41. The Hall–Kier alpha value is -2.53. The van der Waals surface area contributed by atoms with Crippen molar-refractivity contribution < 1.29 is 14.3 Å². The van der Waals surface area contributed by atoms with Gasteiger partial charge in [-0.25, -0.2) is 0 Å². The summed E-state index contributed by atoms with van der Waals surface area (Å²) in [5.41, 5.74) is 1.94. The number of nitrogens with one attached hydrogen (secondary N) is 1. The maximum absolute atomic E-state index is 12.9. The number of aryl methyl sites for hydroxylation is 1. The number of carbonyl (C=O) groups is 2. The van der Waals surface area contributed by atoms with Crippen LogP contribution in [-0.2, 0) is 16.1 Å². The second-order valence-corrected chi connectivity index (χ2v) is 7.16. The number of nitrogens with zero attached hydrogens (tertiary/aromatic N) is 1. The number of rotatable bonds is 9. The summed E-state index contributed by atoms with van der Waals surface area (Å²) in [6.07, 6.45) is 0.833. The molecule has 0 bridgehead atoms. The molecule has 0 saturated heterocycles. The lowest BCUT2D eigenvalue weighted by molar-refractivity contribution is -0.142. The van der Waals surface area contributed by atoms with Crippen LogP contribution in [0.1, 0.15) is 31.4 Å². The summed E-state index contributed by atoms with van der Waals surface area (Å²) in [5, 5.41) is 3.47. The standard InChI is InChI=1S/C22H27ClN2O3/c1-4-12-24-22(27)17(3)25(14-18-8-10-19(23)11-9-18)21(26)15-28-20-7-5-6-16(2)13-20/h5-11,13,17H,4,12,14-15H2,1-3H3,(H,24,27)/t17-/m1/s1. The average Bonchev–Trinajstić information content (AvgIpc) is 2.69. The minimum Gasteiger partial charge on any atom is -0.484 e. The van der Waals surface area contributed by atoms with Crippen LogP contribution in [0.5, 0.6) is 5.75 Å². The Morgan fingerprint density at radius 3 is 2.54 bits per heavy atom.